The highest BCUT2D eigenvalue weighted by atomic mass is 16.5. The van der Waals surface area contributed by atoms with E-state index in [1.54, 1.807) is 0 Å². The van der Waals surface area contributed by atoms with E-state index in [0.717, 1.165) is 19.3 Å². The lowest BCUT2D eigenvalue weighted by Crippen LogP contribution is -2.61. The minimum Gasteiger partial charge on any atom is -0.481 e. The minimum atomic E-state index is -1.38. The van der Waals surface area contributed by atoms with Crippen LogP contribution in [0.15, 0.2) is 0 Å². The number of carboxylic acids is 2. The highest BCUT2D eigenvalue weighted by Gasteiger charge is 2.50. The Labute approximate surface area is 183 Å². The predicted molar refractivity (Wildman–Crippen MR) is 112 cm³/mol. The Morgan fingerprint density at radius 1 is 1.10 bits per heavy atom. The zero-order valence-corrected chi connectivity index (χ0v) is 18.7. The van der Waals surface area contributed by atoms with Crippen LogP contribution in [-0.2, 0) is 28.6 Å². The lowest BCUT2D eigenvalue weighted by molar-refractivity contribution is -0.155. The van der Waals surface area contributed by atoms with Crippen molar-refractivity contribution in [2.24, 2.45) is 11.3 Å². The molecule has 31 heavy (non-hydrogen) atoms. The second-order valence-corrected chi connectivity index (χ2v) is 8.81. The van der Waals surface area contributed by atoms with Crippen molar-refractivity contribution < 1.29 is 38.8 Å². The molecule has 2 saturated carbocycles. The van der Waals surface area contributed by atoms with Crippen LogP contribution in [0.3, 0.4) is 0 Å². The summed E-state index contributed by atoms with van der Waals surface area (Å²) in [7, 11) is 1.54. The van der Waals surface area contributed by atoms with E-state index in [1.165, 1.54) is 7.11 Å². The summed E-state index contributed by atoms with van der Waals surface area (Å²) < 4.78 is 16.0. The maximum Gasteiger partial charge on any atom is 0.329 e. The van der Waals surface area contributed by atoms with Crippen molar-refractivity contribution in [3.05, 3.63) is 0 Å². The number of carbonyl (C=O) groups is 3. The van der Waals surface area contributed by atoms with Gasteiger partial charge in [0.2, 0.25) is 5.91 Å². The lowest BCUT2D eigenvalue weighted by Gasteiger charge is -2.41. The Bertz CT molecular complexity index is 617. The molecule has 0 heterocycles. The Morgan fingerprint density at radius 2 is 1.81 bits per heavy atom. The molecule has 1 unspecified atom stereocenters. The van der Waals surface area contributed by atoms with Crippen molar-refractivity contribution >= 4 is 17.8 Å². The maximum absolute atomic E-state index is 13.5. The van der Waals surface area contributed by atoms with Crippen LogP contribution >= 0.6 is 0 Å². The molecule has 0 aromatic rings. The van der Waals surface area contributed by atoms with Crippen molar-refractivity contribution in [3.63, 3.8) is 0 Å². The molecule has 3 N–H and O–H groups in total. The van der Waals surface area contributed by atoms with E-state index in [2.05, 4.69) is 5.32 Å². The summed E-state index contributed by atoms with van der Waals surface area (Å²) >= 11 is 0. The SMILES string of the molecule is CCO[C@@H]1CCC[C@@](NC(=O)C2(CC(COCCOC)C(=O)O)CCCC2)(C(=O)O)C1. The largest absolute Gasteiger partial charge is 0.481 e. The molecule has 0 aliphatic heterocycles. The molecule has 178 valence electrons. The molecule has 9 heteroatoms. The summed E-state index contributed by atoms with van der Waals surface area (Å²) in [5, 5.41) is 22.5. The van der Waals surface area contributed by atoms with Crippen LogP contribution in [0.4, 0.5) is 0 Å². The van der Waals surface area contributed by atoms with Crippen molar-refractivity contribution in [1.29, 1.82) is 0 Å². The standard InChI is InChI=1S/C22H37NO8/c1-3-31-17-7-6-10-22(14-17,20(27)28)23-19(26)21(8-4-5-9-21)13-16(18(24)25)15-30-12-11-29-2/h16-17H,3-15H2,1-2H3,(H,23,26)(H,24,25)(H,27,28)/t16?,17-,22+/m1/s1. The fraction of sp³-hybridized carbons (Fsp3) is 0.864. The molecule has 0 aromatic heterocycles. The Kier molecular flexibility index (Phi) is 9.71. The molecule has 0 spiro atoms. The van der Waals surface area contributed by atoms with E-state index in [0.29, 0.717) is 38.9 Å². The highest BCUT2D eigenvalue weighted by molar-refractivity contribution is 5.90. The van der Waals surface area contributed by atoms with Gasteiger partial charge in [0.05, 0.1) is 37.3 Å². The monoisotopic (exact) mass is 443 g/mol. The summed E-state index contributed by atoms with van der Waals surface area (Å²) in [6, 6.07) is 0. The first kappa shape index (κ1) is 25.5. The number of rotatable bonds is 13. The topological polar surface area (TPSA) is 131 Å². The van der Waals surface area contributed by atoms with Gasteiger partial charge in [-0.3, -0.25) is 9.59 Å². The lowest BCUT2D eigenvalue weighted by atomic mass is 9.74. The van der Waals surface area contributed by atoms with E-state index >= 15 is 0 Å². The highest BCUT2D eigenvalue weighted by Crippen LogP contribution is 2.45. The van der Waals surface area contributed by atoms with Crippen LogP contribution in [0.2, 0.25) is 0 Å². The Morgan fingerprint density at radius 3 is 2.39 bits per heavy atom. The third-order valence-corrected chi connectivity index (χ3v) is 6.65. The fourth-order valence-corrected chi connectivity index (χ4v) is 4.95. The second-order valence-electron chi connectivity index (χ2n) is 8.81. The number of ether oxygens (including phenoxy) is 3. The molecule has 9 nitrogen and oxygen atoms in total. The summed E-state index contributed by atoms with van der Waals surface area (Å²) in [5.41, 5.74) is -2.27. The Balaban J connectivity index is 2.15. The molecule has 2 fully saturated rings. The summed E-state index contributed by atoms with van der Waals surface area (Å²) in [4.78, 5) is 37.5. The van der Waals surface area contributed by atoms with E-state index in [1.807, 2.05) is 6.92 Å². The van der Waals surface area contributed by atoms with Gasteiger partial charge in [-0.25, -0.2) is 4.79 Å². The molecule has 0 saturated heterocycles. The minimum absolute atomic E-state index is 0.00971. The predicted octanol–water partition coefficient (Wildman–Crippen LogP) is 2.22. The first-order chi connectivity index (χ1) is 14.8. The van der Waals surface area contributed by atoms with Crippen LogP contribution in [-0.4, -0.2) is 73.2 Å². The van der Waals surface area contributed by atoms with Gasteiger partial charge in [0.25, 0.3) is 0 Å². The van der Waals surface area contributed by atoms with Gasteiger partial charge >= 0.3 is 11.9 Å². The number of methoxy groups -OCH3 is 1. The van der Waals surface area contributed by atoms with Crippen LogP contribution in [0, 0.1) is 11.3 Å². The Hall–Kier alpha value is -1.71. The second kappa shape index (κ2) is 11.8. The van der Waals surface area contributed by atoms with Gasteiger partial charge in [0, 0.05) is 20.1 Å². The molecular formula is C22H37NO8. The average molecular weight is 444 g/mol. The van der Waals surface area contributed by atoms with Crippen LogP contribution in [0.1, 0.15) is 64.7 Å². The number of carbonyl (C=O) groups excluding carboxylic acids is 1. The first-order valence-electron chi connectivity index (χ1n) is 11.3. The third-order valence-electron chi connectivity index (χ3n) is 6.65. The van der Waals surface area contributed by atoms with Crippen molar-refractivity contribution in [3.8, 4) is 0 Å². The number of aliphatic carboxylic acids is 2. The number of hydrogen-bond donors (Lipinski definition) is 3. The third kappa shape index (κ3) is 6.63. The number of nitrogens with one attached hydrogen (secondary N) is 1. The molecule has 1 amide bonds. The number of carboxylic acid groups (broad SMARTS) is 2. The molecule has 2 aliphatic rings. The molecule has 0 radical (unpaired) electrons. The van der Waals surface area contributed by atoms with Gasteiger partial charge in [-0.15, -0.1) is 0 Å². The van der Waals surface area contributed by atoms with Gasteiger partial charge < -0.3 is 29.7 Å². The normalized spacial score (nSPS) is 26.3. The molecule has 2 aliphatic carbocycles. The number of hydrogen-bond acceptors (Lipinski definition) is 6. The van der Waals surface area contributed by atoms with Crippen molar-refractivity contribution in [1.82, 2.24) is 5.32 Å². The molecule has 3 atom stereocenters. The summed E-state index contributed by atoms with van der Waals surface area (Å²) in [6.45, 7) is 2.98. The summed E-state index contributed by atoms with van der Waals surface area (Å²) in [5.74, 6) is -3.27. The van der Waals surface area contributed by atoms with Crippen molar-refractivity contribution in [2.75, 3.05) is 33.5 Å². The first-order valence-corrected chi connectivity index (χ1v) is 11.3. The molecular weight excluding hydrogens is 406 g/mol. The van der Waals surface area contributed by atoms with Gasteiger partial charge in [0.1, 0.15) is 5.54 Å². The molecule has 2 rings (SSSR count). The molecule has 0 aromatic carbocycles. The average Bonchev–Trinajstić information content (AvgIpc) is 3.20. The van der Waals surface area contributed by atoms with Gasteiger partial charge in [-0.1, -0.05) is 12.8 Å². The zero-order valence-electron chi connectivity index (χ0n) is 18.7. The van der Waals surface area contributed by atoms with E-state index < -0.39 is 28.8 Å². The smallest absolute Gasteiger partial charge is 0.329 e. The van der Waals surface area contributed by atoms with Crippen LogP contribution in [0.5, 0.6) is 0 Å². The number of amides is 1. The van der Waals surface area contributed by atoms with E-state index in [9.17, 15) is 24.6 Å². The van der Waals surface area contributed by atoms with Crippen LogP contribution < -0.4 is 5.32 Å². The van der Waals surface area contributed by atoms with Gasteiger partial charge in [0.15, 0.2) is 0 Å². The quantitative estimate of drug-likeness (QED) is 0.369. The summed E-state index contributed by atoms with van der Waals surface area (Å²) in [6.07, 6.45) is 4.62. The van der Waals surface area contributed by atoms with E-state index in [4.69, 9.17) is 14.2 Å². The maximum atomic E-state index is 13.5. The van der Waals surface area contributed by atoms with Crippen molar-refractivity contribution in [2.45, 2.75) is 76.4 Å². The molecule has 0 bridgehead atoms. The van der Waals surface area contributed by atoms with Gasteiger partial charge in [-0.05, 0) is 45.4 Å². The zero-order chi connectivity index (χ0) is 22.9. The fourth-order valence-electron chi connectivity index (χ4n) is 4.95. The van der Waals surface area contributed by atoms with Crippen LogP contribution in [0.25, 0.3) is 0 Å². The van der Waals surface area contributed by atoms with Gasteiger partial charge in [-0.2, -0.15) is 0 Å². The van der Waals surface area contributed by atoms with E-state index in [-0.39, 0.29) is 38.1 Å².